The van der Waals surface area contributed by atoms with E-state index < -0.39 is 0 Å². The van der Waals surface area contributed by atoms with Crippen LogP contribution in [0.2, 0.25) is 0 Å². The zero-order chi connectivity index (χ0) is 21.2. The van der Waals surface area contributed by atoms with E-state index in [4.69, 9.17) is 4.42 Å². The SMILES string of the molecule is Cc1ccnc(-c2cccc3c2oc2c3ccc3c4ccccc4c4ccccc4c32)c1. The topological polar surface area (TPSA) is 26.0 Å². The maximum atomic E-state index is 6.71. The Labute approximate surface area is 184 Å². The minimum atomic E-state index is 0.894. The Bertz CT molecular complexity index is 1810. The molecule has 2 heterocycles. The second-order valence-corrected chi connectivity index (χ2v) is 8.46. The molecule has 0 bridgehead atoms. The first-order valence-corrected chi connectivity index (χ1v) is 10.9. The van der Waals surface area contributed by atoms with E-state index in [0.29, 0.717) is 0 Å². The highest BCUT2D eigenvalue weighted by molar-refractivity contribution is 6.32. The fraction of sp³-hybridized carbons (Fsp3) is 0.0333. The Balaban J connectivity index is 1.71. The van der Waals surface area contributed by atoms with E-state index in [9.17, 15) is 0 Å². The standard InChI is InChI=1S/C30H19NO/c1-18-15-16-31-27(17-18)26-12-6-11-24-25-14-13-23-21-9-3-2-7-19(21)20-8-4-5-10-22(20)28(23)30(25)32-29(24)26/h2-17H,1H3. The number of nitrogens with zero attached hydrogens (tertiary/aromatic N) is 1. The summed E-state index contributed by atoms with van der Waals surface area (Å²) >= 11 is 0. The van der Waals surface area contributed by atoms with Crippen LogP contribution in [-0.2, 0) is 0 Å². The number of benzene rings is 5. The maximum absolute atomic E-state index is 6.71. The summed E-state index contributed by atoms with van der Waals surface area (Å²) in [4.78, 5) is 4.62. The van der Waals surface area contributed by atoms with E-state index in [1.165, 1.54) is 37.9 Å². The second-order valence-electron chi connectivity index (χ2n) is 8.46. The normalized spacial score (nSPS) is 11.9. The van der Waals surface area contributed by atoms with Crippen LogP contribution in [0.15, 0.2) is 102 Å². The molecule has 2 nitrogen and oxygen atoms in total. The first kappa shape index (κ1) is 17.5. The minimum Gasteiger partial charge on any atom is -0.455 e. The number of hydrogen-bond acceptors (Lipinski definition) is 2. The van der Waals surface area contributed by atoms with Gasteiger partial charge in [0.25, 0.3) is 0 Å². The Hall–Kier alpha value is -4.17. The molecule has 7 aromatic rings. The lowest BCUT2D eigenvalue weighted by Crippen LogP contribution is -1.84. The quantitative estimate of drug-likeness (QED) is 0.254. The van der Waals surface area contributed by atoms with Crippen LogP contribution in [0.4, 0.5) is 0 Å². The fourth-order valence-electron chi connectivity index (χ4n) is 5.13. The number of pyridine rings is 1. The second kappa shape index (κ2) is 6.41. The van der Waals surface area contributed by atoms with Crippen molar-refractivity contribution in [1.29, 1.82) is 0 Å². The van der Waals surface area contributed by atoms with Crippen molar-refractivity contribution in [2.45, 2.75) is 6.92 Å². The molecule has 0 unspecified atom stereocenters. The first-order chi connectivity index (χ1) is 15.8. The van der Waals surface area contributed by atoms with Crippen molar-refractivity contribution in [1.82, 2.24) is 4.98 Å². The number of aryl methyl sites for hydroxylation is 1. The summed E-state index contributed by atoms with van der Waals surface area (Å²) in [5.41, 5.74) is 4.99. The Kier molecular flexibility index (Phi) is 3.51. The molecule has 0 radical (unpaired) electrons. The zero-order valence-electron chi connectivity index (χ0n) is 17.6. The third kappa shape index (κ3) is 2.32. The third-order valence-corrected chi connectivity index (χ3v) is 6.56. The van der Waals surface area contributed by atoms with Crippen molar-refractivity contribution in [2.75, 3.05) is 0 Å². The van der Waals surface area contributed by atoms with Gasteiger partial charge in [-0.1, -0.05) is 66.7 Å². The number of hydrogen-bond donors (Lipinski definition) is 0. The molecule has 0 aliphatic rings. The number of fused-ring (bicyclic) bond motifs is 10. The van der Waals surface area contributed by atoms with Gasteiger partial charge in [0, 0.05) is 27.9 Å². The smallest absolute Gasteiger partial charge is 0.144 e. The lowest BCUT2D eigenvalue weighted by atomic mass is 9.93. The Morgan fingerprint density at radius 2 is 1.16 bits per heavy atom. The van der Waals surface area contributed by atoms with Crippen molar-refractivity contribution in [2.24, 2.45) is 0 Å². The molecule has 5 aromatic carbocycles. The highest BCUT2D eigenvalue weighted by Gasteiger charge is 2.18. The zero-order valence-corrected chi connectivity index (χ0v) is 17.6. The molecule has 0 atom stereocenters. The average molecular weight is 409 g/mol. The van der Waals surface area contributed by atoms with Gasteiger partial charge >= 0.3 is 0 Å². The van der Waals surface area contributed by atoms with Gasteiger partial charge in [-0.05, 0) is 63.7 Å². The predicted octanol–water partition coefficient (Wildman–Crippen LogP) is 8.42. The van der Waals surface area contributed by atoms with Crippen LogP contribution >= 0.6 is 0 Å². The van der Waals surface area contributed by atoms with E-state index in [2.05, 4.69) is 96.8 Å². The van der Waals surface area contributed by atoms with E-state index >= 15 is 0 Å². The summed E-state index contributed by atoms with van der Waals surface area (Å²) in [5, 5.41) is 9.67. The van der Waals surface area contributed by atoms with Crippen molar-refractivity contribution >= 4 is 54.3 Å². The van der Waals surface area contributed by atoms with E-state index in [1.807, 2.05) is 12.3 Å². The van der Waals surface area contributed by atoms with Crippen molar-refractivity contribution in [3.8, 4) is 11.3 Å². The van der Waals surface area contributed by atoms with Crippen molar-refractivity contribution in [3.05, 3.63) is 103 Å². The molecule has 0 amide bonds. The predicted molar refractivity (Wildman–Crippen MR) is 134 cm³/mol. The van der Waals surface area contributed by atoms with Crippen LogP contribution < -0.4 is 0 Å². The molecule has 0 fully saturated rings. The van der Waals surface area contributed by atoms with Crippen LogP contribution in [0.5, 0.6) is 0 Å². The summed E-state index contributed by atoms with van der Waals surface area (Å²) in [5.74, 6) is 0. The number of rotatable bonds is 1. The van der Waals surface area contributed by atoms with Gasteiger partial charge in [0.2, 0.25) is 0 Å². The molecule has 0 aliphatic heterocycles. The van der Waals surface area contributed by atoms with Gasteiger partial charge in [0.15, 0.2) is 0 Å². The van der Waals surface area contributed by atoms with Crippen LogP contribution in [0.25, 0.3) is 65.5 Å². The highest BCUT2D eigenvalue weighted by atomic mass is 16.3. The van der Waals surface area contributed by atoms with Crippen molar-refractivity contribution in [3.63, 3.8) is 0 Å². The third-order valence-electron chi connectivity index (χ3n) is 6.56. The van der Waals surface area contributed by atoms with Gasteiger partial charge in [0.1, 0.15) is 11.2 Å². The fourth-order valence-corrected chi connectivity index (χ4v) is 5.13. The summed E-state index contributed by atoms with van der Waals surface area (Å²) < 4.78 is 6.71. The number of furan rings is 1. The monoisotopic (exact) mass is 409 g/mol. The van der Waals surface area contributed by atoms with Crippen molar-refractivity contribution < 1.29 is 4.42 Å². The summed E-state index contributed by atoms with van der Waals surface area (Å²) in [6, 6.07) is 32.2. The summed E-state index contributed by atoms with van der Waals surface area (Å²) in [7, 11) is 0. The molecular weight excluding hydrogens is 390 g/mol. The number of aromatic nitrogens is 1. The van der Waals surface area contributed by atoms with Crippen LogP contribution in [-0.4, -0.2) is 4.98 Å². The van der Waals surface area contributed by atoms with Crippen LogP contribution in [0.1, 0.15) is 5.56 Å². The van der Waals surface area contributed by atoms with Gasteiger partial charge in [-0.15, -0.1) is 0 Å². The molecule has 2 heteroatoms. The van der Waals surface area contributed by atoms with E-state index in [0.717, 1.165) is 33.2 Å². The lowest BCUT2D eigenvalue weighted by Gasteiger charge is -2.10. The molecule has 0 N–H and O–H groups in total. The first-order valence-electron chi connectivity index (χ1n) is 10.9. The molecule has 0 saturated carbocycles. The van der Waals surface area contributed by atoms with Gasteiger partial charge in [-0.2, -0.15) is 0 Å². The molecule has 0 aliphatic carbocycles. The van der Waals surface area contributed by atoms with Gasteiger partial charge < -0.3 is 4.42 Å². The Morgan fingerprint density at radius 3 is 1.91 bits per heavy atom. The molecule has 32 heavy (non-hydrogen) atoms. The van der Waals surface area contributed by atoms with E-state index in [1.54, 1.807) is 0 Å². The molecule has 2 aromatic heterocycles. The number of para-hydroxylation sites is 1. The molecule has 0 spiro atoms. The molecule has 150 valence electrons. The molecule has 0 saturated heterocycles. The molecular formula is C30H19NO. The Morgan fingerprint density at radius 1 is 0.562 bits per heavy atom. The lowest BCUT2D eigenvalue weighted by molar-refractivity contribution is 0.674. The van der Waals surface area contributed by atoms with Gasteiger partial charge in [-0.3, -0.25) is 4.98 Å². The average Bonchev–Trinajstić information content (AvgIpc) is 3.23. The summed E-state index contributed by atoms with van der Waals surface area (Å²) in [6.45, 7) is 2.09. The van der Waals surface area contributed by atoms with Crippen LogP contribution in [0, 0.1) is 6.92 Å². The minimum absolute atomic E-state index is 0.894. The highest BCUT2D eigenvalue weighted by Crippen LogP contribution is 2.43. The van der Waals surface area contributed by atoms with Gasteiger partial charge in [0.05, 0.1) is 5.69 Å². The molecule has 7 rings (SSSR count). The maximum Gasteiger partial charge on any atom is 0.144 e. The largest absolute Gasteiger partial charge is 0.455 e. The summed E-state index contributed by atoms with van der Waals surface area (Å²) in [6.07, 6.45) is 1.86. The van der Waals surface area contributed by atoms with Crippen LogP contribution in [0.3, 0.4) is 0 Å². The van der Waals surface area contributed by atoms with Gasteiger partial charge in [-0.25, -0.2) is 0 Å². The van der Waals surface area contributed by atoms with E-state index in [-0.39, 0.29) is 0 Å².